The molecule has 2 aliphatic rings. The number of Topliss-reactive ketones (excluding diaryl/α,β-unsaturated/α-hetero) is 1. The molecule has 0 fully saturated rings. The molecular weight excluding hydrogens is 454 g/mol. The van der Waals surface area contributed by atoms with Gasteiger partial charge in [0.2, 0.25) is 11.8 Å². The number of ketones is 1. The van der Waals surface area contributed by atoms with E-state index in [0.29, 0.717) is 5.56 Å². The van der Waals surface area contributed by atoms with Crippen LogP contribution in [0, 0.1) is 6.92 Å². The molecule has 0 bridgehead atoms. The molecule has 0 spiro atoms. The number of benzene rings is 2. The first-order valence-corrected chi connectivity index (χ1v) is 12.6. The Kier molecular flexibility index (Phi) is 6.56. The molecule has 2 N–H and O–H groups in total. The highest BCUT2D eigenvalue weighted by atomic mass is 32.2. The zero-order chi connectivity index (χ0) is 24.5. The van der Waals surface area contributed by atoms with Crippen molar-refractivity contribution < 1.29 is 22.8 Å². The maximum Gasteiger partial charge on any atom is 0.264 e. The van der Waals surface area contributed by atoms with Gasteiger partial charge in [-0.05, 0) is 62.4 Å². The van der Waals surface area contributed by atoms with Crippen molar-refractivity contribution in [3.05, 3.63) is 77.1 Å². The molecule has 34 heavy (non-hydrogen) atoms. The third-order valence-corrected chi connectivity index (χ3v) is 8.03. The summed E-state index contributed by atoms with van der Waals surface area (Å²) in [6.07, 6.45) is 4.60. The summed E-state index contributed by atoms with van der Waals surface area (Å²) in [5.74, 6) is -1.00. The van der Waals surface area contributed by atoms with Crippen molar-refractivity contribution in [2.24, 2.45) is 0 Å². The number of carbonyl (C=O) groups excluding carboxylic acids is 3. The van der Waals surface area contributed by atoms with Crippen molar-refractivity contribution in [3.63, 3.8) is 0 Å². The Morgan fingerprint density at radius 2 is 1.88 bits per heavy atom. The minimum atomic E-state index is -4.03. The fourth-order valence-electron chi connectivity index (χ4n) is 4.38. The van der Waals surface area contributed by atoms with Gasteiger partial charge in [0, 0.05) is 18.0 Å². The Morgan fingerprint density at radius 3 is 2.59 bits per heavy atom. The van der Waals surface area contributed by atoms with Gasteiger partial charge in [-0.3, -0.25) is 18.7 Å². The molecule has 2 atom stereocenters. The van der Waals surface area contributed by atoms with E-state index in [4.69, 9.17) is 0 Å². The highest BCUT2D eigenvalue weighted by Gasteiger charge is 2.37. The van der Waals surface area contributed by atoms with Crippen molar-refractivity contribution in [1.29, 1.82) is 0 Å². The minimum Gasteiger partial charge on any atom is -0.349 e. The summed E-state index contributed by atoms with van der Waals surface area (Å²) < 4.78 is 27.4. The Morgan fingerprint density at radius 1 is 1.15 bits per heavy atom. The average molecular weight is 482 g/mol. The Balaban J connectivity index is 1.53. The third kappa shape index (κ3) is 4.75. The van der Waals surface area contributed by atoms with E-state index in [9.17, 15) is 22.8 Å². The highest BCUT2D eigenvalue weighted by Crippen LogP contribution is 2.31. The third-order valence-electron chi connectivity index (χ3n) is 6.23. The summed E-state index contributed by atoms with van der Waals surface area (Å²) >= 11 is 0. The lowest BCUT2D eigenvalue weighted by Crippen LogP contribution is -2.51. The summed E-state index contributed by atoms with van der Waals surface area (Å²) in [4.78, 5) is 37.3. The molecule has 1 heterocycles. The molecule has 8 nitrogen and oxygen atoms in total. The number of sulfonamides is 1. The molecule has 1 aliphatic heterocycles. The van der Waals surface area contributed by atoms with Crippen LogP contribution in [0.4, 0.5) is 0 Å². The van der Waals surface area contributed by atoms with Crippen LogP contribution in [-0.4, -0.2) is 36.4 Å². The number of fused-ring (bicyclic) bond motifs is 1. The van der Waals surface area contributed by atoms with Crippen molar-refractivity contribution in [3.8, 4) is 0 Å². The highest BCUT2D eigenvalue weighted by molar-refractivity contribution is 7.89. The summed E-state index contributed by atoms with van der Waals surface area (Å²) in [6.45, 7) is 3.37. The second-order valence-corrected chi connectivity index (χ2v) is 10.5. The van der Waals surface area contributed by atoms with Crippen molar-refractivity contribution in [2.75, 3.05) is 0 Å². The summed E-state index contributed by atoms with van der Waals surface area (Å²) in [6, 6.07) is 10.3. The lowest BCUT2D eigenvalue weighted by atomic mass is 9.86. The van der Waals surface area contributed by atoms with Gasteiger partial charge in [0.25, 0.3) is 10.0 Å². The van der Waals surface area contributed by atoms with Gasteiger partial charge in [-0.25, -0.2) is 8.42 Å². The van der Waals surface area contributed by atoms with Crippen LogP contribution in [0.3, 0.4) is 0 Å². The van der Waals surface area contributed by atoms with E-state index < -0.39 is 27.9 Å². The molecule has 4 rings (SSSR count). The molecule has 178 valence electrons. The van der Waals surface area contributed by atoms with Gasteiger partial charge < -0.3 is 10.6 Å². The van der Waals surface area contributed by atoms with E-state index >= 15 is 0 Å². The second-order valence-electron chi connectivity index (χ2n) is 8.67. The maximum absolute atomic E-state index is 13.2. The molecule has 2 aromatic rings. The molecule has 1 unspecified atom stereocenters. The Bertz CT molecular complexity index is 1270. The van der Waals surface area contributed by atoms with Crippen molar-refractivity contribution in [2.45, 2.75) is 56.5 Å². The number of rotatable bonds is 6. The van der Waals surface area contributed by atoms with Crippen LogP contribution >= 0.6 is 0 Å². The normalized spacial score (nSPS) is 19.8. The standard InChI is InChI=1S/C25H27N3O5S/c1-16-6-9-20(10-7-16)34(32,33)28-13-12-26-25(31)23(28)15-24(30)27-22-5-3-4-19-14-18(17(2)29)8-11-21(19)22/h6-14,22-23H,3-5,15H2,1-2H3,(H,26,31)(H,27,30)/t22-,23?/m1/s1. The van der Waals surface area contributed by atoms with E-state index in [1.807, 2.05) is 19.1 Å². The smallest absolute Gasteiger partial charge is 0.264 e. The molecular formula is C25H27N3O5S. The van der Waals surface area contributed by atoms with Crippen LogP contribution in [0.5, 0.6) is 0 Å². The summed E-state index contributed by atoms with van der Waals surface area (Å²) in [7, 11) is -4.03. The quantitative estimate of drug-likeness (QED) is 0.616. The molecule has 2 amide bonds. The van der Waals surface area contributed by atoms with Crippen LogP contribution in [0.15, 0.2) is 59.8 Å². The van der Waals surface area contributed by atoms with Gasteiger partial charge in [-0.1, -0.05) is 29.8 Å². The van der Waals surface area contributed by atoms with Gasteiger partial charge in [0.1, 0.15) is 6.04 Å². The second kappa shape index (κ2) is 9.42. The van der Waals surface area contributed by atoms with Gasteiger partial charge in [-0.2, -0.15) is 0 Å². The van der Waals surface area contributed by atoms with Crippen molar-refractivity contribution >= 4 is 27.6 Å². The number of aryl methyl sites for hydroxylation is 2. The number of nitrogens with one attached hydrogen (secondary N) is 2. The number of carbonyl (C=O) groups is 3. The van der Waals surface area contributed by atoms with Crippen molar-refractivity contribution in [1.82, 2.24) is 14.9 Å². The van der Waals surface area contributed by atoms with Crippen LogP contribution in [0.25, 0.3) is 0 Å². The average Bonchev–Trinajstić information content (AvgIpc) is 2.80. The number of hydrogen-bond donors (Lipinski definition) is 2. The fourth-order valence-corrected chi connectivity index (χ4v) is 5.83. The van der Waals surface area contributed by atoms with E-state index in [1.165, 1.54) is 31.5 Å². The molecule has 1 aliphatic carbocycles. The van der Waals surface area contributed by atoms with E-state index in [-0.39, 0.29) is 23.1 Å². The SMILES string of the molecule is CC(=O)c1ccc2c(c1)CCC[C@H]2NC(=O)CC1C(=O)NC=CN1S(=O)(=O)c1ccc(C)cc1. The monoisotopic (exact) mass is 481 g/mol. The predicted molar refractivity (Wildman–Crippen MR) is 126 cm³/mol. The number of hydrogen-bond acceptors (Lipinski definition) is 5. The van der Waals surface area contributed by atoms with Crippen LogP contribution in [0.1, 0.15) is 59.3 Å². The predicted octanol–water partition coefficient (Wildman–Crippen LogP) is 2.74. The maximum atomic E-state index is 13.2. The lowest BCUT2D eigenvalue weighted by Gasteiger charge is -2.32. The van der Waals surface area contributed by atoms with Gasteiger partial charge >= 0.3 is 0 Å². The first-order chi connectivity index (χ1) is 16.2. The van der Waals surface area contributed by atoms with Crippen LogP contribution in [0.2, 0.25) is 0 Å². The number of amides is 2. The van der Waals surface area contributed by atoms with E-state index in [1.54, 1.807) is 18.2 Å². The molecule has 0 saturated carbocycles. The molecule has 2 aromatic carbocycles. The van der Waals surface area contributed by atoms with E-state index in [0.717, 1.165) is 40.3 Å². The topological polar surface area (TPSA) is 113 Å². The minimum absolute atomic E-state index is 0.0137. The van der Waals surface area contributed by atoms with Crippen LogP contribution in [-0.2, 0) is 26.0 Å². The van der Waals surface area contributed by atoms with Gasteiger partial charge in [0.05, 0.1) is 17.4 Å². The Labute approximate surface area is 199 Å². The lowest BCUT2D eigenvalue weighted by molar-refractivity contribution is -0.129. The molecule has 0 saturated heterocycles. The zero-order valence-corrected chi connectivity index (χ0v) is 19.9. The largest absolute Gasteiger partial charge is 0.349 e. The van der Waals surface area contributed by atoms with Gasteiger partial charge in [-0.15, -0.1) is 0 Å². The molecule has 9 heteroatoms. The zero-order valence-electron chi connectivity index (χ0n) is 19.1. The molecule has 0 aromatic heterocycles. The Hall–Kier alpha value is -3.46. The number of nitrogens with zero attached hydrogens (tertiary/aromatic N) is 1. The van der Waals surface area contributed by atoms with Crippen LogP contribution < -0.4 is 10.6 Å². The first kappa shape index (κ1) is 23.7. The van der Waals surface area contributed by atoms with Gasteiger partial charge in [0.15, 0.2) is 5.78 Å². The summed E-state index contributed by atoms with van der Waals surface area (Å²) in [5.41, 5.74) is 3.51. The molecule has 0 radical (unpaired) electrons. The summed E-state index contributed by atoms with van der Waals surface area (Å²) in [5, 5.41) is 5.46. The first-order valence-electron chi connectivity index (χ1n) is 11.2. The van der Waals surface area contributed by atoms with E-state index in [2.05, 4.69) is 10.6 Å². The fraction of sp³-hybridized carbons (Fsp3) is 0.320.